The van der Waals surface area contributed by atoms with Crippen LogP contribution in [0.25, 0.3) is 10.8 Å². The molecule has 0 unspecified atom stereocenters. The van der Waals surface area contributed by atoms with Gasteiger partial charge in [-0.2, -0.15) is 4.98 Å². The molecule has 0 atom stereocenters. The van der Waals surface area contributed by atoms with Crippen LogP contribution in [0.15, 0.2) is 30.7 Å². The summed E-state index contributed by atoms with van der Waals surface area (Å²) in [5.41, 5.74) is 0. The predicted octanol–water partition coefficient (Wildman–Crippen LogP) is 4.05. The molecule has 0 amide bonds. The van der Waals surface area contributed by atoms with Gasteiger partial charge in [-0.1, -0.05) is 53.0 Å². The van der Waals surface area contributed by atoms with Crippen molar-refractivity contribution in [2.24, 2.45) is 0 Å². The highest BCUT2D eigenvalue weighted by molar-refractivity contribution is 8.02. The molecule has 0 saturated heterocycles. The Balaban J connectivity index is 1.60. The number of hydrogen-bond acceptors (Lipinski definition) is 9. The van der Waals surface area contributed by atoms with Crippen LogP contribution in [0.5, 0.6) is 0 Å². The van der Waals surface area contributed by atoms with E-state index in [1.165, 1.54) is 0 Å². The van der Waals surface area contributed by atoms with Gasteiger partial charge in [-0.25, -0.2) is 0 Å². The summed E-state index contributed by atoms with van der Waals surface area (Å²) < 4.78 is 7.18. The van der Waals surface area contributed by atoms with Gasteiger partial charge in [-0.05, 0) is 17.2 Å². The summed E-state index contributed by atoms with van der Waals surface area (Å²) in [6, 6.07) is 3.93. The average Bonchev–Trinajstić information content (AvgIpc) is 3.18. The number of nitrogens with zero attached hydrogens (tertiary/aromatic N) is 4. The molecule has 0 aliphatic heterocycles. The number of aromatic nitrogens is 4. The van der Waals surface area contributed by atoms with E-state index in [-0.39, 0.29) is 0 Å². The van der Waals surface area contributed by atoms with E-state index in [2.05, 4.69) is 27.3 Å². The number of thiophene rings is 1. The summed E-state index contributed by atoms with van der Waals surface area (Å²) >= 11 is 6.47. The lowest BCUT2D eigenvalue weighted by atomic mass is 10.5. The van der Waals surface area contributed by atoms with Crippen LogP contribution in [0.2, 0.25) is 0 Å². The molecule has 0 aromatic carbocycles. The van der Waals surface area contributed by atoms with Crippen molar-refractivity contribution >= 4 is 46.2 Å². The Bertz CT molecular complexity index is 664. The maximum atomic E-state index is 5.24. The van der Waals surface area contributed by atoms with E-state index in [1.807, 2.05) is 17.5 Å². The molecule has 3 rings (SSSR count). The molecule has 3 aromatic rings. The smallest absolute Gasteiger partial charge is 0.268 e. The third kappa shape index (κ3) is 3.40. The minimum Gasteiger partial charge on any atom is -0.333 e. The molecule has 3 heterocycles. The van der Waals surface area contributed by atoms with Gasteiger partial charge in [0.15, 0.2) is 14.5 Å². The first-order valence-corrected chi connectivity index (χ1v) is 9.47. The van der Waals surface area contributed by atoms with Gasteiger partial charge in [0.2, 0.25) is 0 Å². The molecule has 0 N–H and O–H groups in total. The third-order valence-corrected chi connectivity index (χ3v) is 6.11. The zero-order valence-electron chi connectivity index (χ0n) is 10.5. The number of rotatable bonds is 6. The van der Waals surface area contributed by atoms with Gasteiger partial charge in [0.05, 0.1) is 10.6 Å². The zero-order valence-corrected chi connectivity index (χ0v) is 13.7. The van der Waals surface area contributed by atoms with Gasteiger partial charge in [0.1, 0.15) is 0 Å². The van der Waals surface area contributed by atoms with Crippen molar-refractivity contribution in [2.75, 3.05) is 5.75 Å². The van der Waals surface area contributed by atoms with Crippen LogP contribution in [0, 0.1) is 0 Å². The Morgan fingerprint density at radius 1 is 1.25 bits per heavy atom. The number of thioether (sulfide) groups is 2. The summed E-state index contributed by atoms with van der Waals surface area (Å²) in [7, 11) is 0. The Kier molecular flexibility index (Phi) is 4.71. The van der Waals surface area contributed by atoms with E-state index in [9.17, 15) is 0 Å². The highest BCUT2D eigenvalue weighted by atomic mass is 32.2. The van der Waals surface area contributed by atoms with Crippen molar-refractivity contribution < 1.29 is 4.52 Å². The largest absolute Gasteiger partial charge is 0.333 e. The molecule has 0 fully saturated rings. The quantitative estimate of drug-likeness (QED) is 0.626. The molecule has 9 heteroatoms. The Morgan fingerprint density at radius 3 is 2.85 bits per heavy atom. The fraction of sp³-hybridized carbons (Fsp3) is 0.273. The molecule has 0 spiro atoms. The van der Waals surface area contributed by atoms with Gasteiger partial charge in [0.25, 0.3) is 5.89 Å². The Hall–Kier alpha value is -0.900. The summed E-state index contributed by atoms with van der Waals surface area (Å²) in [5, 5.41) is 14.2. The van der Waals surface area contributed by atoms with Crippen LogP contribution in [0.4, 0.5) is 0 Å². The van der Waals surface area contributed by atoms with Crippen molar-refractivity contribution in [2.45, 2.75) is 21.4 Å². The van der Waals surface area contributed by atoms with Crippen LogP contribution >= 0.6 is 46.2 Å². The van der Waals surface area contributed by atoms with Crippen molar-refractivity contribution in [1.82, 2.24) is 20.3 Å². The normalized spacial score (nSPS) is 11.1. The zero-order chi connectivity index (χ0) is 13.8. The second kappa shape index (κ2) is 6.70. The lowest BCUT2D eigenvalue weighted by molar-refractivity contribution is 0.426. The van der Waals surface area contributed by atoms with Crippen LogP contribution < -0.4 is 0 Å². The van der Waals surface area contributed by atoms with Gasteiger partial charge in [-0.15, -0.1) is 21.5 Å². The predicted molar refractivity (Wildman–Crippen MR) is 83.5 cm³/mol. The lowest BCUT2D eigenvalue weighted by Crippen LogP contribution is -1.83. The van der Waals surface area contributed by atoms with Crippen LogP contribution in [-0.4, -0.2) is 26.1 Å². The molecular weight excluding hydrogens is 332 g/mol. The van der Waals surface area contributed by atoms with Crippen molar-refractivity contribution in [1.29, 1.82) is 0 Å². The SMILES string of the molecule is CCSc1nnc(SCc2noc(-c3cccs3)n2)s1. The third-order valence-electron chi connectivity index (χ3n) is 2.18. The van der Waals surface area contributed by atoms with Gasteiger partial charge in [0, 0.05) is 0 Å². The molecule has 0 aliphatic rings. The van der Waals surface area contributed by atoms with Crippen LogP contribution in [0.3, 0.4) is 0 Å². The monoisotopic (exact) mass is 342 g/mol. The molecule has 0 aliphatic carbocycles. The highest BCUT2D eigenvalue weighted by Gasteiger charge is 2.11. The molecule has 3 aromatic heterocycles. The Labute approximate surface area is 132 Å². The van der Waals surface area contributed by atoms with E-state index in [4.69, 9.17) is 4.52 Å². The molecule has 0 saturated carbocycles. The Morgan fingerprint density at radius 2 is 2.10 bits per heavy atom. The molecular formula is C11H10N4OS4. The summed E-state index contributed by atoms with van der Waals surface area (Å²) in [6.07, 6.45) is 0. The first-order valence-electron chi connectivity index (χ1n) is 5.80. The van der Waals surface area contributed by atoms with Crippen molar-refractivity contribution in [3.05, 3.63) is 23.3 Å². The first-order chi connectivity index (χ1) is 9.85. The minimum absolute atomic E-state index is 0.579. The van der Waals surface area contributed by atoms with E-state index in [1.54, 1.807) is 46.2 Å². The van der Waals surface area contributed by atoms with Crippen LogP contribution in [0.1, 0.15) is 12.7 Å². The molecule has 5 nitrogen and oxygen atoms in total. The van der Waals surface area contributed by atoms with Gasteiger partial charge >= 0.3 is 0 Å². The minimum atomic E-state index is 0.579. The number of hydrogen-bond donors (Lipinski definition) is 0. The fourth-order valence-electron chi connectivity index (χ4n) is 1.38. The lowest BCUT2D eigenvalue weighted by Gasteiger charge is -1.89. The van der Waals surface area contributed by atoms with E-state index in [0.29, 0.717) is 17.5 Å². The average molecular weight is 342 g/mol. The second-order valence-corrected chi connectivity index (χ2v) is 8.21. The topological polar surface area (TPSA) is 64.7 Å². The first kappa shape index (κ1) is 14.1. The van der Waals surface area contributed by atoms with E-state index >= 15 is 0 Å². The molecule has 20 heavy (non-hydrogen) atoms. The standard InChI is InChI=1S/C11H10N4OS4/c1-2-17-10-13-14-11(20-10)19-6-8-12-9(16-15-8)7-4-3-5-18-7/h3-5H,2,6H2,1H3. The molecule has 0 radical (unpaired) electrons. The second-order valence-electron chi connectivity index (χ2n) is 3.55. The molecule has 0 bridgehead atoms. The van der Waals surface area contributed by atoms with E-state index < -0.39 is 0 Å². The summed E-state index contributed by atoms with van der Waals surface area (Å²) in [5.74, 6) is 2.91. The van der Waals surface area contributed by atoms with Crippen LogP contribution in [-0.2, 0) is 5.75 Å². The highest BCUT2D eigenvalue weighted by Crippen LogP contribution is 2.30. The fourth-order valence-corrected chi connectivity index (χ4v) is 4.78. The maximum Gasteiger partial charge on any atom is 0.268 e. The van der Waals surface area contributed by atoms with Gasteiger partial charge < -0.3 is 4.52 Å². The maximum absolute atomic E-state index is 5.24. The van der Waals surface area contributed by atoms with Gasteiger partial charge in [-0.3, -0.25) is 0 Å². The molecule has 104 valence electrons. The summed E-state index contributed by atoms with van der Waals surface area (Å²) in [4.78, 5) is 5.37. The van der Waals surface area contributed by atoms with Crippen molar-refractivity contribution in [3.8, 4) is 10.8 Å². The summed E-state index contributed by atoms with van der Waals surface area (Å²) in [6.45, 7) is 2.10. The van der Waals surface area contributed by atoms with E-state index in [0.717, 1.165) is 19.3 Å². The van der Waals surface area contributed by atoms with Crippen molar-refractivity contribution in [3.63, 3.8) is 0 Å².